The Kier molecular flexibility index (Phi) is 8.51. The number of hydrogen-bond donors (Lipinski definition) is 0. The third kappa shape index (κ3) is 4.59. The highest BCUT2D eigenvalue weighted by Crippen LogP contribution is 2.38. The number of rotatable bonds is 6. The van der Waals surface area contributed by atoms with Crippen LogP contribution in [-0.4, -0.2) is 28.6 Å². The molecule has 3 nitrogen and oxygen atoms in total. The molecule has 0 unspecified atom stereocenters. The van der Waals surface area contributed by atoms with E-state index >= 15 is 0 Å². The maximum absolute atomic E-state index is 5.77. The van der Waals surface area contributed by atoms with Crippen LogP contribution in [0, 0.1) is 0 Å². The zero-order valence-corrected chi connectivity index (χ0v) is 11.8. The van der Waals surface area contributed by atoms with Gasteiger partial charge >= 0.3 is 8.80 Å². The van der Waals surface area contributed by atoms with Crippen molar-refractivity contribution in [3.05, 3.63) is 0 Å². The van der Waals surface area contributed by atoms with Gasteiger partial charge in [-0.15, -0.1) is 0 Å². The summed E-state index contributed by atoms with van der Waals surface area (Å²) >= 11 is 0. The Morgan fingerprint density at radius 3 is 1.20 bits per heavy atom. The van der Waals surface area contributed by atoms with Gasteiger partial charge in [-0.1, -0.05) is 20.8 Å². The summed E-state index contributed by atoms with van der Waals surface area (Å²) in [4.78, 5) is 0. The third-order valence-electron chi connectivity index (χ3n) is 1.92. The molecule has 0 heterocycles. The first-order valence-corrected chi connectivity index (χ1v) is 7.07. The Labute approximate surface area is 93.8 Å². The van der Waals surface area contributed by atoms with Crippen molar-refractivity contribution in [3.8, 4) is 0 Å². The van der Waals surface area contributed by atoms with Gasteiger partial charge in [0.25, 0.3) is 0 Å². The molecule has 0 aromatic heterocycles. The van der Waals surface area contributed by atoms with Crippen LogP contribution in [0.3, 0.4) is 0 Å². The summed E-state index contributed by atoms with van der Waals surface area (Å²) in [6, 6.07) is 0. The Bertz CT molecular complexity index is 142. The highest BCUT2D eigenvalue weighted by atomic mass is 28.4. The molecule has 0 fully saturated rings. The summed E-state index contributed by atoms with van der Waals surface area (Å²) in [5.41, 5.74) is 0. The zero-order chi connectivity index (χ0) is 11.2. The van der Waals surface area contributed by atoms with Crippen LogP contribution in [0.5, 0.6) is 0 Å². The molecule has 5 heteroatoms. The molecule has 0 saturated carbocycles. The van der Waals surface area contributed by atoms with Crippen molar-refractivity contribution in [1.29, 1.82) is 0 Å². The predicted molar refractivity (Wildman–Crippen MR) is 62.9 cm³/mol. The average molecular weight is 240 g/mol. The molecule has 0 spiro atoms. The Hall–Kier alpha value is 0.0269. The molecule has 0 atom stereocenters. The van der Waals surface area contributed by atoms with Crippen LogP contribution in [-0.2, 0) is 13.3 Å². The van der Waals surface area contributed by atoms with Crippen LogP contribution in [0.4, 0.5) is 4.70 Å². The van der Waals surface area contributed by atoms with Crippen molar-refractivity contribution in [1.82, 2.24) is 0 Å². The SMILES string of the molecule is CCO[Si](OCC)(OCC)C(C)(C)C.F. The van der Waals surface area contributed by atoms with Crippen LogP contribution in [0.2, 0.25) is 5.04 Å². The number of halogens is 1. The van der Waals surface area contributed by atoms with Gasteiger partial charge in [-0.05, 0) is 20.8 Å². The van der Waals surface area contributed by atoms with Crippen molar-refractivity contribution >= 4 is 8.80 Å². The van der Waals surface area contributed by atoms with Crippen molar-refractivity contribution < 1.29 is 18.0 Å². The monoisotopic (exact) mass is 240 g/mol. The lowest BCUT2D eigenvalue weighted by atomic mass is 10.3. The molecule has 0 aliphatic rings. The molecule has 0 bridgehead atoms. The standard InChI is InChI=1S/C10H24O3Si.FH/c1-7-11-14(12-8-2,13-9-3)10(4,5)6;/h7-9H2,1-6H3;1H. The lowest BCUT2D eigenvalue weighted by Crippen LogP contribution is -2.53. The fourth-order valence-electron chi connectivity index (χ4n) is 1.34. The quantitative estimate of drug-likeness (QED) is 0.668. The van der Waals surface area contributed by atoms with E-state index in [2.05, 4.69) is 20.8 Å². The third-order valence-corrected chi connectivity index (χ3v) is 5.76. The van der Waals surface area contributed by atoms with Gasteiger partial charge in [0.05, 0.1) is 0 Å². The molecule has 0 amide bonds. The van der Waals surface area contributed by atoms with E-state index in [1.165, 1.54) is 0 Å². The van der Waals surface area contributed by atoms with Crippen molar-refractivity contribution in [2.75, 3.05) is 19.8 Å². The molecular weight excluding hydrogens is 215 g/mol. The predicted octanol–water partition coefficient (Wildman–Crippen LogP) is 2.99. The van der Waals surface area contributed by atoms with E-state index < -0.39 is 8.80 Å². The Morgan fingerprint density at radius 2 is 1.07 bits per heavy atom. The fraction of sp³-hybridized carbons (Fsp3) is 1.00. The second kappa shape index (κ2) is 7.32. The molecule has 0 rings (SSSR count). The summed E-state index contributed by atoms with van der Waals surface area (Å²) in [5, 5.41) is -0.0605. The molecular formula is C10H25FO3Si. The van der Waals surface area contributed by atoms with E-state index in [1.54, 1.807) is 0 Å². The molecule has 0 saturated heterocycles. The highest BCUT2D eigenvalue weighted by Gasteiger charge is 2.52. The van der Waals surface area contributed by atoms with E-state index in [0.717, 1.165) is 0 Å². The van der Waals surface area contributed by atoms with Gasteiger partial charge in [-0.2, -0.15) is 0 Å². The lowest BCUT2D eigenvalue weighted by molar-refractivity contribution is 0.0508. The molecule has 15 heavy (non-hydrogen) atoms. The van der Waals surface area contributed by atoms with Gasteiger partial charge in [0.2, 0.25) is 0 Å². The lowest BCUT2D eigenvalue weighted by Gasteiger charge is -2.38. The van der Waals surface area contributed by atoms with E-state index in [9.17, 15) is 0 Å². The van der Waals surface area contributed by atoms with Gasteiger partial charge in [0.1, 0.15) is 0 Å². The second-order valence-electron chi connectivity index (χ2n) is 4.11. The molecule has 0 aliphatic heterocycles. The van der Waals surface area contributed by atoms with Crippen LogP contribution >= 0.6 is 0 Å². The maximum atomic E-state index is 5.77. The van der Waals surface area contributed by atoms with Gasteiger partial charge in [0.15, 0.2) is 0 Å². The van der Waals surface area contributed by atoms with Crippen molar-refractivity contribution in [2.45, 2.75) is 46.6 Å². The van der Waals surface area contributed by atoms with Gasteiger partial charge in [0, 0.05) is 24.9 Å². The molecule has 0 aromatic carbocycles. The van der Waals surface area contributed by atoms with Crippen LogP contribution in [0.15, 0.2) is 0 Å². The summed E-state index contributed by atoms with van der Waals surface area (Å²) in [7, 11) is -2.50. The molecule has 0 aromatic rings. The van der Waals surface area contributed by atoms with Gasteiger partial charge in [-0.25, -0.2) is 0 Å². The summed E-state index contributed by atoms with van der Waals surface area (Å²) < 4.78 is 17.3. The average Bonchev–Trinajstić information content (AvgIpc) is 2.03. The smallest absolute Gasteiger partial charge is 0.373 e. The molecule has 0 radical (unpaired) electrons. The normalized spacial score (nSPS) is 12.4. The van der Waals surface area contributed by atoms with E-state index in [-0.39, 0.29) is 9.74 Å². The first-order valence-electron chi connectivity index (χ1n) is 5.35. The minimum atomic E-state index is -2.50. The summed E-state index contributed by atoms with van der Waals surface area (Å²) in [6.45, 7) is 14.2. The Balaban J connectivity index is 0. The highest BCUT2D eigenvalue weighted by molar-refractivity contribution is 6.64. The van der Waals surface area contributed by atoms with Gasteiger partial charge in [-0.3, -0.25) is 4.70 Å². The first-order chi connectivity index (χ1) is 6.43. The van der Waals surface area contributed by atoms with Crippen LogP contribution in [0.1, 0.15) is 41.5 Å². The largest absolute Gasteiger partial charge is 0.506 e. The molecule has 0 N–H and O–H groups in total. The van der Waals surface area contributed by atoms with Crippen LogP contribution in [0.25, 0.3) is 0 Å². The van der Waals surface area contributed by atoms with Gasteiger partial charge < -0.3 is 13.3 Å². The first kappa shape index (κ1) is 17.4. The van der Waals surface area contributed by atoms with Crippen molar-refractivity contribution in [3.63, 3.8) is 0 Å². The van der Waals surface area contributed by atoms with Crippen molar-refractivity contribution in [2.24, 2.45) is 0 Å². The summed E-state index contributed by atoms with van der Waals surface area (Å²) in [6.07, 6.45) is 0. The minimum Gasteiger partial charge on any atom is -0.373 e. The molecule has 0 aliphatic carbocycles. The Morgan fingerprint density at radius 1 is 0.800 bits per heavy atom. The number of hydrogen-bond acceptors (Lipinski definition) is 3. The summed E-state index contributed by atoms with van der Waals surface area (Å²) in [5.74, 6) is 0. The topological polar surface area (TPSA) is 27.7 Å². The van der Waals surface area contributed by atoms with Crippen LogP contribution < -0.4 is 0 Å². The van der Waals surface area contributed by atoms with E-state index in [0.29, 0.717) is 19.8 Å². The van der Waals surface area contributed by atoms with E-state index in [1.807, 2.05) is 20.8 Å². The second-order valence-corrected chi connectivity index (χ2v) is 7.58. The minimum absolute atomic E-state index is 0. The maximum Gasteiger partial charge on any atom is 0.506 e. The molecule has 94 valence electrons. The fourth-order valence-corrected chi connectivity index (χ4v) is 4.03. The van der Waals surface area contributed by atoms with E-state index in [4.69, 9.17) is 13.3 Å². The zero-order valence-electron chi connectivity index (χ0n) is 10.8.